The van der Waals surface area contributed by atoms with Crippen LogP contribution in [0.4, 0.5) is 11.5 Å². The van der Waals surface area contributed by atoms with Crippen LogP contribution in [0.1, 0.15) is 25.7 Å². The first-order valence-electron chi connectivity index (χ1n) is 6.17. The van der Waals surface area contributed by atoms with Gasteiger partial charge in [-0.05, 0) is 37.7 Å². The van der Waals surface area contributed by atoms with Crippen LogP contribution in [0.25, 0.3) is 0 Å². The van der Waals surface area contributed by atoms with Crippen molar-refractivity contribution in [3.05, 3.63) is 28.4 Å². The second kappa shape index (κ2) is 5.77. The van der Waals surface area contributed by atoms with Crippen molar-refractivity contribution in [2.24, 2.45) is 5.92 Å². The molecule has 2 N–H and O–H groups in total. The molecule has 18 heavy (non-hydrogen) atoms. The van der Waals surface area contributed by atoms with Gasteiger partial charge >= 0.3 is 0 Å². The van der Waals surface area contributed by atoms with E-state index in [1.54, 1.807) is 6.07 Å². The molecule has 1 aliphatic carbocycles. The van der Waals surface area contributed by atoms with Crippen molar-refractivity contribution < 1.29 is 10.0 Å². The number of nitrogens with zero attached hydrogens (tertiary/aromatic N) is 2. The lowest BCUT2D eigenvalue weighted by Gasteiger charge is -2.25. The minimum absolute atomic E-state index is 0.00124. The van der Waals surface area contributed by atoms with E-state index in [9.17, 15) is 15.2 Å². The summed E-state index contributed by atoms with van der Waals surface area (Å²) in [7, 11) is 0. The first-order valence-corrected chi connectivity index (χ1v) is 6.17. The molecule has 6 nitrogen and oxygen atoms in total. The van der Waals surface area contributed by atoms with Crippen LogP contribution in [0.2, 0.25) is 0 Å². The van der Waals surface area contributed by atoms with Gasteiger partial charge in [0.05, 0.1) is 11.0 Å². The lowest BCUT2D eigenvalue weighted by Crippen LogP contribution is -2.23. The highest BCUT2D eigenvalue weighted by Crippen LogP contribution is 2.24. The molecule has 1 aliphatic rings. The maximum Gasteiger partial charge on any atom is 0.287 e. The van der Waals surface area contributed by atoms with E-state index in [0.29, 0.717) is 11.7 Å². The second-order valence-corrected chi connectivity index (χ2v) is 4.71. The summed E-state index contributed by atoms with van der Waals surface area (Å²) in [6, 6.07) is 3.07. The highest BCUT2D eigenvalue weighted by Gasteiger charge is 2.19. The number of aliphatic hydroxyl groups excluding tert-OH is 1. The Morgan fingerprint density at radius 3 is 2.67 bits per heavy atom. The van der Waals surface area contributed by atoms with Gasteiger partial charge in [0.1, 0.15) is 12.0 Å². The van der Waals surface area contributed by atoms with Gasteiger partial charge in [-0.1, -0.05) is 0 Å². The zero-order chi connectivity index (χ0) is 13.0. The zero-order valence-corrected chi connectivity index (χ0v) is 10.1. The summed E-state index contributed by atoms with van der Waals surface area (Å²) in [5.74, 6) is 1.21. The molecule has 0 bridgehead atoms. The van der Waals surface area contributed by atoms with Crippen LogP contribution in [0.15, 0.2) is 18.3 Å². The number of anilines is 1. The molecular weight excluding hydrogens is 234 g/mol. The topological polar surface area (TPSA) is 88.3 Å². The van der Waals surface area contributed by atoms with Gasteiger partial charge < -0.3 is 10.4 Å². The Hall–Kier alpha value is -1.69. The molecule has 0 radical (unpaired) electrons. The van der Waals surface area contributed by atoms with E-state index in [4.69, 9.17) is 0 Å². The molecule has 0 amide bonds. The zero-order valence-electron chi connectivity index (χ0n) is 10.1. The fraction of sp³-hybridized carbons (Fsp3) is 0.583. The molecule has 2 rings (SSSR count). The summed E-state index contributed by atoms with van der Waals surface area (Å²) < 4.78 is 0. The second-order valence-electron chi connectivity index (χ2n) is 4.71. The Kier molecular flexibility index (Phi) is 4.09. The lowest BCUT2D eigenvalue weighted by atomic mass is 9.87. The summed E-state index contributed by atoms with van der Waals surface area (Å²) in [6.07, 6.45) is 4.87. The number of aliphatic hydroxyl groups is 1. The number of hydrogen-bond acceptors (Lipinski definition) is 5. The minimum atomic E-state index is -0.459. The summed E-state index contributed by atoms with van der Waals surface area (Å²) >= 11 is 0. The summed E-state index contributed by atoms with van der Waals surface area (Å²) in [6.45, 7) is 0.803. The van der Waals surface area contributed by atoms with Crippen molar-refractivity contribution in [2.75, 3.05) is 11.9 Å². The van der Waals surface area contributed by atoms with Crippen molar-refractivity contribution in [3.8, 4) is 0 Å². The molecule has 1 fully saturated rings. The van der Waals surface area contributed by atoms with E-state index in [-0.39, 0.29) is 11.8 Å². The van der Waals surface area contributed by atoms with Crippen molar-refractivity contribution in [2.45, 2.75) is 31.8 Å². The van der Waals surface area contributed by atoms with E-state index in [2.05, 4.69) is 10.3 Å². The molecular formula is C12H17N3O3. The lowest BCUT2D eigenvalue weighted by molar-refractivity contribution is -0.385. The van der Waals surface area contributed by atoms with Crippen LogP contribution in [-0.2, 0) is 0 Å². The van der Waals surface area contributed by atoms with Crippen LogP contribution in [0.5, 0.6) is 0 Å². The third-order valence-corrected chi connectivity index (χ3v) is 3.35. The SMILES string of the molecule is O=[N+]([O-])c1ccc(NCC2CCC(O)CC2)nc1. The molecule has 0 aliphatic heterocycles. The molecule has 1 heterocycles. The largest absolute Gasteiger partial charge is 0.393 e. The molecule has 1 aromatic heterocycles. The first kappa shape index (κ1) is 12.8. The van der Waals surface area contributed by atoms with Gasteiger partial charge in [0.15, 0.2) is 0 Å². The average Bonchev–Trinajstić information content (AvgIpc) is 2.38. The van der Waals surface area contributed by atoms with Gasteiger partial charge in [0.25, 0.3) is 5.69 Å². The highest BCUT2D eigenvalue weighted by atomic mass is 16.6. The predicted octanol–water partition coefficient (Wildman–Crippen LogP) is 1.95. The van der Waals surface area contributed by atoms with Crippen molar-refractivity contribution in [1.29, 1.82) is 0 Å². The number of nitrogens with one attached hydrogen (secondary N) is 1. The smallest absolute Gasteiger partial charge is 0.287 e. The molecule has 0 atom stereocenters. The first-order chi connectivity index (χ1) is 8.65. The van der Waals surface area contributed by atoms with Crippen LogP contribution in [0, 0.1) is 16.0 Å². The van der Waals surface area contributed by atoms with Gasteiger partial charge in [0.2, 0.25) is 0 Å². The summed E-state index contributed by atoms with van der Waals surface area (Å²) in [4.78, 5) is 14.0. The average molecular weight is 251 g/mol. The number of hydrogen-bond donors (Lipinski definition) is 2. The molecule has 98 valence electrons. The van der Waals surface area contributed by atoms with Crippen molar-refractivity contribution in [1.82, 2.24) is 4.98 Å². The van der Waals surface area contributed by atoms with E-state index < -0.39 is 4.92 Å². The predicted molar refractivity (Wildman–Crippen MR) is 67.3 cm³/mol. The third-order valence-electron chi connectivity index (χ3n) is 3.35. The fourth-order valence-electron chi connectivity index (χ4n) is 2.20. The Labute approximate surface area is 105 Å². The normalized spacial score (nSPS) is 23.6. The maximum absolute atomic E-state index is 10.5. The molecule has 0 aromatic carbocycles. The molecule has 0 saturated heterocycles. The van der Waals surface area contributed by atoms with Gasteiger partial charge in [-0.25, -0.2) is 4.98 Å². The van der Waals surface area contributed by atoms with Crippen LogP contribution < -0.4 is 5.32 Å². The van der Waals surface area contributed by atoms with E-state index in [0.717, 1.165) is 32.2 Å². The van der Waals surface area contributed by atoms with Crippen LogP contribution in [0.3, 0.4) is 0 Å². The van der Waals surface area contributed by atoms with Gasteiger partial charge in [0, 0.05) is 12.6 Å². The van der Waals surface area contributed by atoms with Crippen LogP contribution in [-0.4, -0.2) is 27.7 Å². The van der Waals surface area contributed by atoms with E-state index >= 15 is 0 Å². The quantitative estimate of drug-likeness (QED) is 0.630. The van der Waals surface area contributed by atoms with Gasteiger partial charge in [-0.3, -0.25) is 10.1 Å². The fourth-order valence-corrected chi connectivity index (χ4v) is 2.20. The highest BCUT2D eigenvalue weighted by molar-refractivity contribution is 5.40. The molecule has 1 aromatic rings. The van der Waals surface area contributed by atoms with Gasteiger partial charge in [-0.15, -0.1) is 0 Å². The molecule has 1 saturated carbocycles. The number of aromatic nitrogens is 1. The molecule has 0 unspecified atom stereocenters. The Morgan fingerprint density at radius 1 is 1.39 bits per heavy atom. The monoisotopic (exact) mass is 251 g/mol. The minimum Gasteiger partial charge on any atom is -0.393 e. The van der Waals surface area contributed by atoms with Crippen molar-refractivity contribution in [3.63, 3.8) is 0 Å². The number of pyridine rings is 1. The Morgan fingerprint density at radius 2 is 2.11 bits per heavy atom. The summed E-state index contributed by atoms with van der Waals surface area (Å²) in [5, 5.41) is 23.0. The van der Waals surface area contributed by atoms with Crippen LogP contribution >= 0.6 is 0 Å². The molecule has 6 heteroatoms. The third kappa shape index (κ3) is 3.40. The van der Waals surface area contributed by atoms with E-state index in [1.807, 2.05) is 0 Å². The number of nitro groups is 1. The van der Waals surface area contributed by atoms with Crippen molar-refractivity contribution >= 4 is 11.5 Å². The Bertz CT molecular complexity index is 400. The standard InChI is InChI=1S/C12H17N3O3/c16-11-4-1-9(2-5-11)7-13-12-6-3-10(8-14-12)15(17)18/h3,6,8-9,11,16H,1-2,4-5,7H2,(H,13,14). The van der Waals surface area contributed by atoms with E-state index in [1.165, 1.54) is 12.3 Å². The summed E-state index contributed by atoms with van der Waals surface area (Å²) in [5.41, 5.74) is 0.00124. The Balaban J connectivity index is 1.81. The number of rotatable bonds is 4. The maximum atomic E-state index is 10.5. The van der Waals surface area contributed by atoms with Gasteiger partial charge in [-0.2, -0.15) is 0 Å². The molecule has 0 spiro atoms.